The highest BCUT2D eigenvalue weighted by molar-refractivity contribution is 7.91. The second-order valence-corrected chi connectivity index (χ2v) is 10.5. The minimum Gasteiger partial charge on any atom is -0.611 e. The summed E-state index contributed by atoms with van der Waals surface area (Å²) in [6.07, 6.45) is 14.5. The van der Waals surface area contributed by atoms with Crippen LogP contribution in [-0.4, -0.2) is 38.4 Å². The first-order chi connectivity index (χ1) is 15.9. The maximum absolute atomic E-state index is 12.3. The number of aliphatic hydroxyl groups excluding tert-OH is 1. The standard InChI is InChI=1S/C27H38O5S/c1-21-15-17-22(18-16-21)33(32)19-11-7-3-2-4-8-12-23-24(26(29)20-25(23)28)13-9-5-6-10-14-27(30)31/h4-5,8-9,15-18,23-25,28H,2-3,6-7,10-14,19-20H2,1H3,(H,30,31)/b8-4+,9-5-/t23-,24-,25-,33?/m1/s1. The van der Waals surface area contributed by atoms with Crippen molar-refractivity contribution in [3.63, 3.8) is 0 Å². The Bertz CT molecular complexity index is 786. The molecule has 0 spiro atoms. The third kappa shape index (κ3) is 10.3. The summed E-state index contributed by atoms with van der Waals surface area (Å²) in [4.78, 5) is 23.7. The van der Waals surface area contributed by atoms with E-state index in [1.54, 1.807) is 0 Å². The van der Waals surface area contributed by atoms with Crippen LogP contribution in [0.5, 0.6) is 0 Å². The van der Waals surface area contributed by atoms with Gasteiger partial charge in [0.25, 0.3) is 0 Å². The molecule has 2 N–H and O–H groups in total. The van der Waals surface area contributed by atoms with Gasteiger partial charge in [0.05, 0.1) is 6.10 Å². The minimum atomic E-state index is -0.930. The van der Waals surface area contributed by atoms with Gasteiger partial charge in [-0.15, -0.1) is 0 Å². The van der Waals surface area contributed by atoms with E-state index in [1.165, 1.54) is 5.56 Å². The van der Waals surface area contributed by atoms with E-state index in [0.29, 0.717) is 31.4 Å². The van der Waals surface area contributed by atoms with Gasteiger partial charge >= 0.3 is 5.97 Å². The highest BCUT2D eigenvalue weighted by Gasteiger charge is 2.39. The van der Waals surface area contributed by atoms with E-state index >= 15 is 0 Å². The zero-order chi connectivity index (χ0) is 24.1. The predicted molar refractivity (Wildman–Crippen MR) is 133 cm³/mol. The van der Waals surface area contributed by atoms with Gasteiger partial charge in [-0.25, -0.2) is 0 Å². The lowest BCUT2D eigenvalue weighted by Gasteiger charge is -2.18. The van der Waals surface area contributed by atoms with Gasteiger partial charge in [0.2, 0.25) is 0 Å². The first kappa shape index (κ1) is 27.4. The van der Waals surface area contributed by atoms with Gasteiger partial charge in [0.15, 0.2) is 4.90 Å². The molecule has 0 amide bonds. The summed E-state index contributed by atoms with van der Waals surface area (Å²) in [5.41, 5.74) is 1.17. The van der Waals surface area contributed by atoms with Gasteiger partial charge < -0.3 is 14.8 Å². The van der Waals surface area contributed by atoms with Crippen LogP contribution in [0, 0.1) is 18.8 Å². The van der Waals surface area contributed by atoms with Gasteiger partial charge in [0, 0.05) is 18.8 Å². The smallest absolute Gasteiger partial charge is 0.303 e. The molecule has 182 valence electrons. The first-order valence-electron chi connectivity index (χ1n) is 12.1. The van der Waals surface area contributed by atoms with Gasteiger partial charge in [0.1, 0.15) is 11.5 Å². The predicted octanol–water partition coefficient (Wildman–Crippen LogP) is 5.38. The normalized spacial score (nSPS) is 21.9. The lowest BCUT2D eigenvalue weighted by atomic mass is 9.88. The monoisotopic (exact) mass is 474 g/mol. The average molecular weight is 475 g/mol. The molecule has 2 rings (SSSR count). The molecule has 1 aromatic rings. The molecule has 5 nitrogen and oxygen atoms in total. The summed E-state index contributed by atoms with van der Waals surface area (Å²) in [6, 6.07) is 7.88. The molecule has 33 heavy (non-hydrogen) atoms. The zero-order valence-electron chi connectivity index (χ0n) is 19.7. The number of unbranched alkanes of at least 4 members (excludes halogenated alkanes) is 4. The number of carbonyl (C=O) groups is 2. The van der Waals surface area contributed by atoms with E-state index in [-0.39, 0.29) is 30.5 Å². The zero-order valence-corrected chi connectivity index (χ0v) is 20.5. The van der Waals surface area contributed by atoms with Gasteiger partial charge in [-0.1, -0.05) is 42.0 Å². The molecule has 0 bridgehead atoms. The number of Topliss-reactive ketones (excluding diaryl/α,β-unsaturated/α-hetero) is 1. The Morgan fingerprint density at radius 1 is 1.03 bits per heavy atom. The van der Waals surface area contributed by atoms with E-state index < -0.39 is 23.2 Å². The summed E-state index contributed by atoms with van der Waals surface area (Å²) >= 11 is -0.930. The maximum Gasteiger partial charge on any atom is 0.303 e. The van der Waals surface area contributed by atoms with Crippen LogP contribution in [0.15, 0.2) is 53.5 Å². The third-order valence-corrected chi connectivity index (χ3v) is 7.67. The molecule has 0 aliphatic heterocycles. The summed E-state index contributed by atoms with van der Waals surface area (Å²) in [5.74, 6) is -0.181. The molecule has 1 fully saturated rings. The Hall–Kier alpha value is -1.89. The number of allylic oxidation sites excluding steroid dienone is 4. The fourth-order valence-corrected chi connectivity index (χ4v) is 5.37. The minimum absolute atomic E-state index is 0.0469. The Labute approximate surface area is 201 Å². The molecule has 4 atom stereocenters. The van der Waals surface area contributed by atoms with E-state index in [0.717, 1.165) is 30.6 Å². The number of carbonyl (C=O) groups excluding carboxylic acids is 1. The van der Waals surface area contributed by atoms with Gasteiger partial charge in [-0.2, -0.15) is 0 Å². The van der Waals surface area contributed by atoms with Gasteiger partial charge in [-0.3, -0.25) is 9.59 Å². The molecule has 0 aromatic heterocycles. The van der Waals surface area contributed by atoms with Crippen molar-refractivity contribution in [3.8, 4) is 0 Å². The van der Waals surface area contributed by atoms with E-state index in [9.17, 15) is 19.2 Å². The molecule has 1 aliphatic rings. The van der Waals surface area contributed by atoms with Crippen molar-refractivity contribution < 1.29 is 24.4 Å². The Balaban J connectivity index is 1.62. The Morgan fingerprint density at radius 2 is 1.70 bits per heavy atom. The highest BCUT2D eigenvalue weighted by atomic mass is 32.2. The van der Waals surface area contributed by atoms with Crippen LogP contribution in [0.1, 0.15) is 69.8 Å². The number of carboxylic acid groups (broad SMARTS) is 1. The van der Waals surface area contributed by atoms with Crippen molar-refractivity contribution in [2.24, 2.45) is 11.8 Å². The largest absolute Gasteiger partial charge is 0.611 e. The third-order valence-electron chi connectivity index (χ3n) is 6.21. The van der Waals surface area contributed by atoms with Crippen LogP contribution < -0.4 is 0 Å². The summed E-state index contributed by atoms with van der Waals surface area (Å²) in [5, 5.41) is 19.0. The molecule has 1 unspecified atom stereocenters. The van der Waals surface area contributed by atoms with E-state index in [2.05, 4.69) is 12.2 Å². The molecular weight excluding hydrogens is 436 g/mol. The van der Waals surface area contributed by atoms with Crippen molar-refractivity contribution in [2.75, 3.05) is 5.75 Å². The Kier molecular flexibility index (Phi) is 12.5. The number of hydrogen-bond acceptors (Lipinski definition) is 4. The molecule has 0 saturated heterocycles. The second-order valence-electron chi connectivity index (χ2n) is 8.92. The number of ketones is 1. The molecule has 1 aliphatic carbocycles. The molecule has 1 aromatic carbocycles. The fraction of sp³-hybridized carbons (Fsp3) is 0.556. The molecular formula is C27H38O5S. The molecule has 0 heterocycles. The van der Waals surface area contributed by atoms with E-state index in [4.69, 9.17) is 5.11 Å². The van der Waals surface area contributed by atoms with Crippen LogP contribution in [0.2, 0.25) is 0 Å². The summed E-state index contributed by atoms with van der Waals surface area (Å²) < 4.78 is 12.3. The number of rotatable bonds is 15. The lowest BCUT2D eigenvalue weighted by Crippen LogP contribution is -2.19. The van der Waals surface area contributed by atoms with Crippen LogP contribution >= 0.6 is 0 Å². The highest BCUT2D eigenvalue weighted by Crippen LogP contribution is 2.35. The maximum atomic E-state index is 12.3. The quantitative estimate of drug-likeness (QED) is 0.202. The number of benzene rings is 1. The van der Waals surface area contributed by atoms with Crippen molar-refractivity contribution in [3.05, 3.63) is 54.1 Å². The van der Waals surface area contributed by atoms with Gasteiger partial charge in [-0.05, 0) is 87.5 Å². The first-order valence-corrected chi connectivity index (χ1v) is 13.4. The molecule has 1 saturated carbocycles. The number of aryl methyl sites for hydroxylation is 1. The van der Waals surface area contributed by atoms with Crippen LogP contribution in [0.25, 0.3) is 0 Å². The number of carboxylic acids is 1. The van der Waals surface area contributed by atoms with E-state index in [1.807, 2.05) is 43.3 Å². The average Bonchev–Trinajstić information content (AvgIpc) is 3.04. The van der Waals surface area contributed by atoms with Crippen LogP contribution in [0.3, 0.4) is 0 Å². The Morgan fingerprint density at radius 3 is 2.39 bits per heavy atom. The number of aliphatic carboxylic acids is 1. The molecule has 6 heteroatoms. The lowest BCUT2D eigenvalue weighted by molar-refractivity contribution is -0.137. The number of hydrogen-bond donors (Lipinski definition) is 2. The fourth-order valence-electron chi connectivity index (χ4n) is 4.23. The van der Waals surface area contributed by atoms with Crippen molar-refractivity contribution in [1.29, 1.82) is 0 Å². The SMILES string of the molecule is Cc1ccc([S+]([O-])CCCCC/C=C/C[C@H]2[C@H](O)CC(=O)[C@@H]2C/C=C\CCCC(=O)O)cc1. The van der Waals surface area contributed by atoms with Crippen LogP contribution in [0.4, 0.5) is 0 Å². The summed E-state index contributed by atoms with van der Waals surface area (Å²) in [6.45, 7) is 2.02. The van der Waals surface area contributed by atoms with Crippen LogP contribution in [-0.2, 0) is 20.8 Å². The number of aliphatic hydroxyl groups is 1. The topological polar surface area (TPSA) is 97.7 Å². The van der Waals surface area contributed by atoms with Crippen molar-refractivity contribution in [2.45, 2.75) is 82.1 Å². The van der Waals surface area contributed by atoms with Crippen molar-refractivity contribution in [1.82, 2.24) is 0 Å². The summed E-state index contributed by atoms with van der Waals surface area (Å²) in [7, 11) is 0. The van der Waals surface area contributed by atoms with Crippen molar-refractivity contribution >= 4 is 22.9 Å². The molecule has 0 radical (unpaired) electrons. The second kappa shape index (κ2) is 15.1.